The molecule has 1 amide bonds. The number of amides is 1. The van der Waals surface area contributed by atoms with Gasteiger partial charge in [-0.15, -0.1) is 0 Å². The zero-order valence-electron chi connectivity index (χ0n) is 17.9. The largest absolute Gasteiger partial charge is 0.486 e. The Kier molecular flexibility index (Phi) is 5.18. The number of Topliss-reactive ketones (excluding diaryl/α,β-unsaturated/α-hetero) is 1. The van der Waals surface area contributed by atoms with Crippen LogP contribution in [0, 0.1) is 23.2 Å². The number of nitrogens with zero attached hydrogens (tertiary/aromatic N) is 1. The molecule has 1 saturated heterocycles. The first kappa shape index (κ1) is 20.0. The topological polar surface area (TPSA) is 55.8 Å². The average Bonchev–Trinajstić information content (AvgIpc) is 3.25. The normalized spacial score (nSPS) is 25.3. The number of carbonyl (C=O) groups excluding carboxylic acids is 2. The zero-order chi connectivity index (χ0) is 20.8. The second-order valence-electron chi connectivity index (χ2n) is 9.39. The summed E-state index contributed by atoms with van der Waals surface area (Å²) in [4.78, 5) is 28.0. The Balaban J connectivity index is 1.36. The van der Waals surface area contributed by atoms with Gasteiger partial charge in [-0.25, -0.2) is 0 Å². The van der Waals surface area contributed by atoms with Crippen molar-refractivity contribution in [1.82, 2.24) is 4.90 Å². The predicted octanol–water partition coefficient (Wildman–Crippen LogP) is 4.12. The minimum atomic E-state index is -0.0394. The summed E-state index contributed by atoms with van der Waals surface area (Å²) in [6.45, 7) is 10.9. The van der Waals surface area contributed by atoms with Gasteiger partial charge >= 0.3 is 0 Å². The summed E-state index contributed by atoms with van der Waals surface area (Å²) in [5, 5.41) is 0. The van der Waals surface area contributed by atoms with Gasteiger partial charge in [-0.3, -0.25) is 9.59 Å². The molecule has 2 fully saturated rings. The van der Waals surface area contributed by atoms with Crippen LogP contribution in [0.2, 0.25) is 0 Å². The van der Waals surface area contributed by atoms with E-state index in [0.29, 0.717) is 49.3 Å². The average molecular weight is 398 g/mol. The van der Waals surface area contributed by atoms with Gasteiger partial charge in [0.2, 0.25) is 5.91 Å². The summed E-state index contributed by atoms with van der Waals surface area (Å²) in [7, 11) is 0. The van der Waals surface area contributed by atoms with E-state index in [0.717, 1.165) is 12.8 Å². The Morgan fingerprint density at radius 1 is 1.07 bits per heavy atom. The maximum atomic E-state index is 13.1. The molecule has 156 valence electrons. The highest BCUT2D eigenvalue weighted by Crippen LogP contribution is 2.60. The van der Waals surface area contributed by atoms with E-state index >= 15 is 0 Å². The summed E-state index contributed by atoms with van der Waals surface area (Å²) in [5.74, 6) is 2.11. The van der Waals surface area contributed by atoms with Crippen LogP contribution in [0.25, 0.3) is 0 Å². The molecular weight excluding hydrogens is 366 g/mol. The van der Waals surface area contributed by atoms with Crippen molar-refractivity contribution in [3.05, 3.63) is 35.4 Å². The van der Waals surface area contributed by atoms with Crippen LogP contribution in [-0.2, 0) is 4.79 Å². The standard InChI is InChI=1S/C24H31NO4/c1-15(2)13-18-21(24(18,3)4)23(27)25-9-7-16(8-10-25)22(26)17-5-6-19-20(14-17)29-12-11-28-19/h5-6,13-14,16,18,21H,7-12H2,1-4H3/t18-,21+/m1/s1. The first-order chi connectivity index (χ1) is 13.8. The molecule has 0 spiro atoms. The van der Waals surface area contributed by atoms with Crippen LogP contribution < -0.4 is 9.47 Å². The minimum Gasteiger partial charge on any atom is -0.486 e. The lowest BCUT2D eigenvalue weighted by molar-refractivity contribution is -0.134. The summed E-state index contributed by atoms with van der Waals surface area (Å²) < 4.78 is 11.1. The highest BCUT2D eigenvalue weighted by Gasteiger charge is 2.61. The van der Waals surface area contributed by atoms with E-state index in [4.69, 9.17) is 9.47 Å². The molecule has 0 N–H and O–H groups in total. The number of likely N-dealkylation sites (tertiary alicyclic amines) is 1. The summed E-state index contributed by atoms with van der Waals surface area (Å²) in [6, 6.07) is 5.44. The summed E-state index contributed by atoms with van der Waals surface area (Å²) >= 11 is 0. The monoisotopic (exact) mass is 397 g/mol. The number of carbonyl (C=O) groups is 2. The third-order valence-corrected chi connectivity index (χ3v) is 6.69. The molecule has 0 bridgehead atoms. The van der Waals surface area contributed by atoms with Crippen molar-refractivity contribution in [3.8, 4) is 11.5 Å². The number of rotatable bonds is 4. The van der Waals surface area contributed by atoms with Gasteiger partial charge in [-0.1, -0.05) is 25.5 Å². The Morgan fingerprint density at radius 2 is 1.72 bits per heavy atom. The van der Waals surface area contributed by atoms with Crippen molar-refractivity contribution in [2.45, 2.75) is 40.5 Å². The molecule has 4 rings (SSSR count). The number of hydrogen-bond acceptors (Lipinski definition) is 4. The van der Waals surface area contributed by atoms with E-state index < -0.39 is 0 Å². The lowest BCUT2D eigenvalue weighted by Gasteiger charge is -2.32. The molecule has 1 aromatic carbocycles. The van der Waals surface area contributed by atoms with Crippen molar-refractivity contribution >= 4 is 11.7 Å². The van der Waals surface area contributed by atoms with E-state index in [2.05, 4.69) is 33.8 Å². The zero-order valence-corrected chi connectivity index (χ0v) is 17.9. The molecule has 1 aliphatic carbocycles. The molecular formula is C24H31NO4. The number of piperidine rings is 1. The Bertz CT molecular complexity index is 844. The first-order valence-electron chi connectivity index (χ1n) is 10.7. The van der Waals surface area contributed by atoms with Gasteiger partial charge in [0.05, 0.1) is 5.92 Å². The highest BCUT2D eigenvalue weighted by atomic mass is 16.6. The third-order valence-electron chi connectivity index (χ3n) is 6.69. The fourth-order valence-electron chi connectivity index (χ4n) is 4.81. The molecule has 3 aliphatic rings. The smallest absolute Gasteiger partial charge is 0.226 e. The minimum absolute atomic E-state index is 0.0340. The van der Waals surface area contributed by atoms with E-state index in [1.54, 1.807) is 6.07 Å². The van der Waals surface area contributed by atoms with E-state index in [9.17, 15) is 9.59 Å². The van der Waals surface area contributed by atoms with Gasteiger partial charge in [-0.05, 0) is 56.2 Å². The molecule has 1 aromatic rings. The van der Waals surface area contributed by atoms with Crippen LogP contribution in [0.15, 0.2) is 29.8 Å². The number of benzene rings is 1. The second kappa shape index (κ2) is 7.51. The van der Waals surface area contributed by atoms with Crippen LogP contribution in [-0.4, -0.2) is 42.9 Å². The van der Waals surface area contributed by atoms with Crippen molar-refractivity contribution in [2.24, 2.45) is 23.2 Å². The fourth-order valence-corrected chi connectivity index (χ4v) is 4.81. The molecule has 2 heterocycles. The quantitative estimate of drug-likeness (QED) is 0.567. The number of ether oxygens (including phenoxy) is 2. The van der Waals surface area contributed by atoms with Crippen molar-refractivity contribution in [2.75, 3.05) is 26.3 Å². The molecule has 29 heavy (non-hydrogen) atoms. The fraction of sp³-hybridized carbons (Fsp3) is 0.583. The van der Waals surface area contributed by atoms with Gasteiger partial charge in [0.15, 0.2) is 17.3 Å². The second-order valence-corrected chi connectivity index (χ2v) is 9.39. The van der Waals surface area contributed by atoms with E-state index in [1.807, 2.05) is 17.0 Å². The number of ketones is 1. The Morgan fingerprint density at radius 3 is 2.38 bits per heavy atom. The molecule has 0 unspecified atom stereocenters. The van der Waals surface area contributed by atoms with Gasteiger partial charge in [-0.2, -0.15) is 0 Å². The maximum Gasteiger partial charge on any atom is 0.226 e. The Hall–Kier alpha value is -2.30. The predicted molar refractivity (Wildman–Crippen MR) is 111 cm³/mol. The maximum absolute atomic E-state index is 13.1. The first-order valence-corrected chi connectivity index (χ1v) is 10.7. The lowest BCUT2D eigenvalue weighted by Crippen LogP contribution is -2.41. The summed E-state index contributed by atoms with van der Waals surface area (Å²) in [5.41, 5.74) is 1.97. The molecule has 0 aromatic heterocycles. The van der Waals surface area contributed by atoms with Crippen LogP contribution in [0.5, 0.6) is 11.5 Å². The van der Waals surface area contributed by atoms with Gasteiger partial charge < -0.3 is 14.4 Å². The molecule has 2 atom stereocenters. The van der Waals surface area contributed by atoms with Crippen LogP contribution >= 0.6 is 0 Å². The van der Waals surface area contributed by atoms with Crippen molar-refractivity contribution in [1.29, 1.82) is 0 Å². The number of fused-ring (bicyclic) bond motifs is 1. The SMILES string of the molecule is CC(C)=C[C@@H]1[C@@H](C(=O)N2CCC(C(=O)c3ccc4c(c3)OCCO4)CC2)C1(C)C. The van der Waals surface area contributed by atoms with E-state index in [-0.39, 0.29) is 28.9 Å². The van der Waals surface area contributed by atoms with Gasteiger partial charge in [0.25, 0.3) is 0 Å². The third kappa shape index (κ3) is 3.79. The molecule has 1 saturated carbocycles. The van der Waals surface area contributed by atoms with Crippen molar-refractivity contribution in [3.63, 3.8) is 0 Å². The van der Waals surface area contributed by atoms with Crippen LogP contribution in [0.1, 0.15) is 50.9 Å². The Labute approximate surface area is 173 Å². The van der Waals surface area contributed by atoms with Crippen LogP contribution in [0.4, 0.5) is 0 Å². The molecule has 2 aliphatic heterocycles. The highest BCUT2D eigenvalue weighted by molar-refractivity contribution is 5.98. The lowest BCUT2D eigenvalue weighted by atomic mass is 9.88. The van der Waals surface area contributed by atoms with Gasteiger partial charge in [0, 0.05) is 24.6 Å². The van der Waals surface area contributed by atoms with Crippen molar-refractivity contribution < 1.29 is 19.1 Å². The summed E-state index contributed by atoms with van der Waals surface area (Å²) in [6.07, 6.45) is 3.68. The van der Waals surface area contributed by atoms with Crippen LogP contribution in [0.3, 0.4) is 0 Å². The number of allylic oxidation sites excluding steroid dienone is 2. The molecule has 5 heteroatoms. The van der Waals surface area contributed by atoms with E-state index in [1.165, 1.54) is 5.57 Å². The molecule has 0 radical (unpaired) electrons. The molecule has 5 nitrogen and oxygen atoms in total. The number of hydrogen-bond donors (Lipinski definition) is 0. The van der Waals surface area contributed by atoms with Gasteiger partial charge in [0.1, 0.15) is 13.2 Å².